The molecule has 0 fully saturated rings. The molecule has 0 aromatic heterocycles. The number of hydrogen-bond donors (Lipinski definition) is 2. The Morgan fingerprint density at radius 3 is 1.41 bits per heavy atom. The molecule has 4 aromatic carbocycles. The molecule has 8 heteroatoms. The first-order valence-electron chi connectivity index (χ1n) is 9.44. The van der Waals surface area contributed by atoms with Gasteiger partial charge in [0, 0.05) is 9.79 Å². The number of nitriles is 4. The van der Waals surface area contributed by atoms with Crippen molar-refractivity contribution >= 4 is 67.2 Å². The molecule has 0 aliphatic carbocycles. The summed E-state index contributed by atoms with van der Waals surface area (Å²) in [5.41, 5.74) is 1.91. The van der Waals surface area contributed by atoms with Crippen LogP contribution >= 0.6 is 23.5 Å². The minimum atomic E-state index is 0.0678. The highest BCUT2D eigenvalue weighted by atomic mass is 32.2. The topological polar surface area (TPSA) is 119 Å². The summed E-state index contributed by atoms with van der Waals surface area (Å²) in [4.78, 5) is 1.99. The molecule has 4 aromatic rings. The molecule has 0 amide bonds. The van der Waals surface area contributed by atoms with Crippen molar-refractivity contribution in [1.82, 2.24) is 0 Å². The Labute approximate surface area is 190 Å². The SMILES string of the molecule is N#CC(C#N)=C1Nc2cc3ccc4c5c(cc6ccc(c2S1)c3c64)NC(=C(C#N)C#N)S5. The first-order chi connectivity index (χ1) is 15.7. The van der Waals surface area contributed by atoms with Gasteiger partial charge < -0.3 is 10.6 Å². The summed E-state index contributed by atoms with van der Waals surface area (Å²) >= 11 is 2.82. The van der Waals surface area contributed by atoms with E-state index in [0.717, 1.165) is 53.5 Å². The Kier molecular flexibility index (Phi) is 3.79. The third-order valence-electron chi connectivity index (χ3n) is 5.61. The molecule has 2 aliphatic rings. The summed E-state index contributed by atoms with van der Waals surface area (Å²) in [5, 5.41) is 51.1. The second kappa shape index (κ2) is 6.58. The zero-order valence-electron chi connectivity index (χ0n) is 16.1. The fourth-order valence-corrected chi connectivity index (χ4v) is 6.40. The summed E-state index contributed by atoms with van der Waals surface area (Å²) in [6.07, 6.45) is 0. The zero-order chi connectivity index (χ0) is 22.0. The maximum atomic E-state index is 9.27. The second-order valence-electron chi connectivity index (χ2n) is 7.24. The summed E-state index contributed by atoms with van der Waals surface area (Å²) in [5.74, 6) is 0. The summed E-state index contributed by atoms with van der Waals surface area (Å²) < 4.78 is 0. The maximum absolute atomic E-state index is 9.27. The molecule has 0 radical (unpaired) electrons. The van der Waals surface area contributed by atoms with Crippen LogP contribution in [0.5, 0.6) is 0 Å². The van der Waals surface area contributed by atoms with Gasteiger partial charge in [-0.2, -0.15) is 21.0 Å². The van der Waals surface area contributed by atoms with E-state index >= 15 is 0 Å². The Balaban J connectivity index is 1.65. The third-order valence-corrected chi connectivity index (χ3v) is 7.92. The average Bonchev–Trinajstić information content (AvgIpc) is 3.42. The molecule has 146 valence electrons. The van der Waals surface area contributed by atoms with Crippen LogP contribution in [-0.2, 0) is 0 Å². The normalized spacial score (nSPS) is 13.6. The van der Waals surface area contributed by atoms with Crippen molar-refractivity contribution in [3.05, 3.63) is 57.6 Å². The van der Waals surface area contributed by atoms with Gasteiger partial charge in [0.15, 0.2) is 11.1 Å². The van der Waals surface area contributed by atoms with Crippen LogP contribution in [-0.4, -0.2) is 0 Å². The molecule has 2 aliphatic heterocycles. The van der Waals surface area contributed by atoms with Gasteiger partial charge in [0.2, 0.25) is 0 Å². The van der Waals surface area contributed by atoms with Gasteiger partial charge >= 0.3 is 0 Å². The number of thioether (sulfide) groups is 2. The van der Waals surface area contributed by atoms with Gasteiger partial charge in [-0.25, -0.2) is 0 Å². The van der Waals surface area contributed by atoms with Crippen LogP contribution < -0.4 is 10.6 Å². The van der Waals surface area contributed by atoms with E-state index in [1.807, 2.05) is 24.3 Å². The Hall–Kier alpha value is -4.34. The van der Waals surface area contributed by atoms with Gasteiger partial charge in [0.1, 0.15) is 34.3 Å². The van der Waals surface area contributed by atoms with Gasteiger partial charge in [0.05, 0.1) is 11.4 Å². The van der Waals surface area contributed by atoms with E-state index in [1.54, 1.807) is 0 Å². The molecule has 0 saturated carbocycles. The molecule has 2 heterocycles. The molecule has 6 rings (SSSR count). The van der Waals surface area contributed by atoms with Crippen LogP contribution in [0.4, 0.5) is 11.4 Å². The molecule has 0 spiro atoms. The molecule has 6 nitrogen and oxygen atoms in total. The molecular weight excluding hydrogens is 436 g/mol. The molecular formula is C24H8N6S2. The van der Waals surface area contributed by atoms with E-state index < -0.39 is 0 Å². The number of hydrogen-bond acceptors (Lipinski definition) is 8. The van der Waals surface area contributed by atoms with Crippen LogP contribution in [0.2, 0.25) is 0 Å². The highest BCUT2D eigenvalue weighted by Gasteiger charge is 2.27. The van der Waals surface area contributed by atoms with Crippen molar-refractivity contribution in [2.75, 3.05) is 10.6 Å². The molecule has 2 N–H and O–H groups in total. The predicted octanol–water partition coefficient (Wildman–Crippen LogP) is 6.14. The number of anilines is 2. The van der Waals surface area contributed by atoms with Crippen LogP contribution in [0.15, 0.2) is 67.4 Å². The second-order valence-corrected chi connectivity index (χ2v) is 9.28. The number of nitrogens with one attached hydrogen (secondary N) is 2. The third kappa shape index (κ3) is 2.34. The van der Waals surface area contributed by atoms with E-state index in [4.69, 9.17) is 0 Å². The van der Waals surface area contributed by atoms with E-state index in [1.165, 1.54) is 23.5 Å². The standard InChI is InChI=1S/C24H8N6S2/c25-7-13(8-26)23-29-17-5-11-1-3-15-20-12(2-4-16(19(11)20)22(17)32-23)6-18-21(15)31-24(30-18)14(9-27)10-28/h1-6,29-30H. The monoisotopic (exact) mass is 444 g/mol. The lowest BCUT2D eigenvalue weighted by atomic mass is 9.93. The molecule has 32 heavy (non-hydrogen) atoms. The lowest BCUT2D eigenvalue weighted by Gasteiger charge is -2.15. The first-order valence-corrected chi connectivity index (χ1v) is 11.1. The fraction of sp³-hybridized carbons (Fsp3) is 0. The van der Waals surface area contributed by atoms with Crippen molar-refractivity contribution in [1.29, 1.82) is 21.0 Å². The minimum Gasteiger partial charge on any atom is -0.347 e. The zero-order valence-corrected chi connectivity index (χ0v) is 17.7. The lowest BCUT2D eigenvalue weighted by Crippen LogP contribution is -1.93. The summed E-state index contributed by atoms with van der Waals surface area (Å²) in [6.45, 7) is 0. The van der Waals surface area contributed by atoms with Crippen LogP contribution in [0, 0.1) is 45.3 Å². The number of nitrogens with zero attached hydrogens (tertiary/aromatic N) is 4. The van der Waals surface area contributed by atoms with Gasteiger partial charge in [0.25, 0.3) is 0 Å². The number of allylic oxidation sites excluding steroid dienone is 2. The maximum Gasteiger partial charge on any atom is 0.160 e. The number of rotatable bonds is 0. The van der Waals surface area contributed by atoms with Crippen LogP contribution in [0.3, 0.4) is 0 Å². The van der Waals surface area contributed by atoms with E-state index in [0.29, 0.717) is 10.1 Å². The Morgan fingerprint density at radius 2 is 1.03 bits per heavy atom. The molecule has 0 saturated heterocycles. The van der Waals surface area contributed by atoms with Gasteiger partial charge in [-0.3, -0.25) is 0 Å². The molecule has 0 bridgehead atoms. The lowest BCUT2D eigenvalue weighted by molar-refractivity contribution is 1.43. The number of benzene rings is 4. The molecule has 0 atom stereocenters. The quantitative estimate of drug-likeness (QED) is 0.245. The van der Waals surface area contributed by atoms with Gasteiger partial charge in [-0.05, 0) is 44.5 Å². The van der Waals surface area contributed by atoms with E-state index in [-0.39, 0.29) is 11.1 Å². The highest BCUT2D eigenvalue weighted by molar-refractivity contribution is 8.04. The summed E-state index contributed by atoms with van der Waals surface area (Å²) in [7, 11) is 0. The number of fused-ring (bicyclic) bond motifs is 4. The largest absolute Gasteiger partial charge is 0.347 e. The minimum absolute atomic E-state index is 0.0678. The Bertz CT molecular complexity index is 1610. The Morgan fingerprint density at radius 1 is 0.625 bits per heavy atom. The van der Waals surface area contributed by atoms with Crippen LogP contribution in [0.1, 0.15) is 0 Å². The van der Waals surface area contributed by atoms with Gasteiger partial charge in [-0.1, -0.05) is 47.8 Å². The van der Waals surface area contributed by atoms with Gasteiger partial charge in [-0.15, -0.1) is 0 Å². The van der Waals surface area contributed by atoms with E-state index in [9.17, 15) is 21.0 Å². The smallest absolute Gasteiger partial charge is 0.160 e. The first kappa shape index (κ1) is 18.4. The summed E-state index contributed by atoms with van der Waals surface area (Å²) in [6, 6.07) is 20.2. The van der Waals surface area contributed by atoms with Crippen molar-refractivity contribution in [3.63, 3.8) is 0 Å². The predicted molar refractivity (Wildman–Crippen MR) is 126 cm³/mol. The van der Waals surface area contributed by atoms with Crippen molar-refractivity contribution in [3.8, 4) is 24.3 Å². The van der Waals surface area contributed by atoms with Crippen molar-refractivity contribution in [2.24, 2.45) is 0 Å². The van der Waals surface area contributed by atoms with Crippen molar-refractivity contribution < 1.29 is 0 Å². The highest BCUT2D eigenvalue weighted by Crippen LogP contribution is 2.53. The van der Waals surface area contributed by atoms with Crippen LogP contribution in [0.25, 0.3) is 32.3 Å². The van der Waals surface area contributed by atoms with Crippen molar-refractivity contribution in [2.45, 2.75) is 9.79 Å². The molecule has 0 unspecified atom stereocenters. The fourth-order valence-electron chi connectivity index (χ4n) is 4.29. The van der Waals surface area contributed by atoms with E-state index in [2.05, 4.69) is 47.0 Å². The average molecular weight is 445 g/mol.